The Labute approximate surface area is 482 Å². The largest absolute Gasteiger partial charge is 0.462 e. The van der Waals surface area contributed by atoms with Gasteiger partial charge in [0.25, 0.3) is 0 Å². The van der Waals surface area contributed by atoms with Gasteiger partial charge in [-0.1, -0.05) is 284 Å². The number of carbonyl (C=O) groups excluding carboxylic acids is 3. The standard InChI is InChI=1S/C72H122O6/c1-4-7-10-13-16-19-22-25-27-28-29-30-31-32-33-34-35-36-37-38-39-40-41-42-43-44-45-48-50-53-56-59-62-65-71(74)77-68-69(67-76-70(73)64-61-58-55-52-49-46-24-21-18-15-12-9-6-3)78-72(75)66-63-60-57-54-51-47-26-23-20-17-14-11-8-5-2/h7,10,12,14-17,19,21,23-27,29-30,32-33,69H,4-6,8-9,11,13,18,20,22,28,31,34-68H2,1-3H3/b10-7-,15-12-,17-14-,19-16-,24-21-,26-23-,27-25-,30-29-,33-32-. The van der Waals surface area contributed by atoms with Crippen LogP contribution in [0.3, 0.4) is 0 Å². The molecule has 0 heterocycles. The molecule has 1 unspecified atom stereocenters. The molecular weight excluding hydrogens is 961 g/mol. The number of esters is 3. The smallest absolute Gasteiger partial charge is 0.306 e. The molecule has 0 aliphatic heterocycles. The van der Waals surface area contributed by atoms with E-state index in [0.717, 1.165) is 148 Å². The van der Waals surface area contributed by atoms with Gasteiger partial charge < -0.3 is 14.2 Å². The maximum absolute atomic E-state index is 12.9. The zero-order chi connectivity index (χ0) is 56.4. The van der Waals surface area contributed by atoms with Crippen molar-refractivity contribution in [3.63, 3.8) is 0 Å². The molecule has 0 rings (SSSR count). The molecule has 0 bridgehead atoms. The first kappa shape index (κ1) is 74.1. The van der Waals surface area contributed by atoms with Crippen molar-refractivity contribution in [2.45, 2.75) is 316 Å². The normalized spacial score (nSPS) is 12.8. The number of ether oxygens (including phenoxy) is 3. The molecule has 0 fully saturated rings. The average Bonchev–Trinajstić information content (AvgIpc) is 3.44. The molecular formula is C72H122O6. The Bertz CT molecular complexity index is 1570. The van der Waals surface area contributed by atoms with Crippen LogP contribution in [-0.4, -0.2) is 37.2 Å². The average molecular weight is 1080 g/mol. The number of allylic oxidation sites excluding steroid dienone is 18. The van der Waals surface area contributed by atoms with Gasteiger partial charge in [0, 0.05) is 19.3 Å². The van der Waals surface area contributed by atoms with Crippen molar-refractivity contribution in [2.75, 3.05) is 13.2 Å². The van der Waals surface area contributed by atoms with Crippen molar-refractivity contribution >= 4 is 17.9 Å². The summed E-state index contributed by atoms with van der Waals surface area (Å²) >= 11 is 0. The molecule has 6 nitrogen and oxygen atoms in total. The Morgan fingerprint density at radius 1 is 0.269 bits per heavy atom. The van der Waals surface area contributed by atoms with Crippen LogP contribution >= 0.6 is 0 Å². The van der Waals surface area contributed by atoms with Gasteiger partial charge >= 0.3 is 17.9 Å². The zero-order valence-electron chi connectivity index (χ0n) is 51.2. The number of carbonyl (C=O) groups is 3. The van der Waals surface area contributed by atoms with E-state index in [1.807, 2.05) is 0 Å². The first-order chi connectivity index (χ1) is 38.5. The van der Waals surface area contributed by atoms with E-state index in [1.54, 1.807) is 0 Å². The molecule has 0 amide bonds. The third-order valence-corrected chi connectivity index (χ3v) is 14.0. The Morgan fingerprint density at radius 2 is 0.526 bits per heavy atom. The van der Waals surface area contributed by atoms with Gasteiger partial charge in [0.1, 0.15) is 13.2 Å². The van der Waals surface area contributed by atoms with Gasteiger partial charge in [-0.3, -0.25) is 14.4 Å². The minimum atomic E-state index is -0.791. The predicted molar refractivity (Wildman–Crippen MR) is 339 cm³/mol. The van der Waals surface area contributed by atoms with Crippen LogP contribution in [-0.2, 0) is 28.6 Å². The minimum absolute atomic E-state index is 0.0865. The molecule has 6 heteroatoms. The van der Waals surface area contributed by atoms with Gasteiger partial charge in [0.15, 0.2) is 6.10 Å². The van der Waals surface area contributed by atoms with Gasteiger partial charge in [-0.05, 0) is 116 Å². The maximum atomic E-state index is 12.9. The Kier molecular flexibility index (Phi) is 62.3. The second-order valence-electron chi connectivity index (χ2n) is 21.6. The summed E-state index contributed by atoms with van der Waals surface area (Å²) in [5.41, 5.74) is 0. The lowest BCUT2D eigenvalue weighted by Gasteiger charge is -2.18. The van der Waals surface area contributed by atoms with Gasteiger partial charge in [0.05, 0.1) is 0 Å². The van der Waals surface area contributed by atoms with E-state index in [2.05, 4.69) is 130 Å². The lowest BCUT2D eigenvalue weighted by molar-refractivity contribution is -0.167. The molecule has 0 aliphatic carbocycles. The fourth-order valence-electron chi connectivity index (χ4n) is 9.05. The minimum Gasteiger partial charge on any atom is -0.462 e. The van der Waals surface area contributed by atoms with Gasteiger partial charge in [-0.25, -0.2) is 0 Å². The molecule has 0 aromatic carbocycles. The number of hydrogen-bond acceptors (Lipinski definition) is 6. The fraction of sp³-hybridized carbons (Fsp3) is 0.708. The quantitative estimate of drug-likeness (QED) is 0.0261. The Morgan fingerprint density at radius 3 is 0.833 bits per heavy atom. The van der Waals surface area contributed by atoms with Crippen LogP contribution in [0.5, 0.6) is 0 Å². The van der Waals surface area contributed by atoms with E-state index in [9.17, 15) is 14.4 Å². The van der Waals surface area contributed by atoms with Crippen LogP contribution in [0.1, 0.15) is 310 Å². The Balaban J connectivity index is 4.15. The number of rotatable bonds is 59. The highest BCUT2D eigenvalue weighted by atomic mass is 16.6. The van der Waals surface area contributed by atoms with E-state index >= 15 is 0 Å². The van der Waals surface area contributed by atoms with Crippen LogP contribution in [0.15, 0.2) is 109 Å². The highest BCUT2D eigenvalue weighted by molar-refractivity contribution is 5.71. The SMILES string of the molecule is CC/C=C\C/C=C\C/C=C\C/C=C\C/C=C\CCCCCCCCCCCCCCCCCCCC(=O)OCC(COC(=O)CCCCCCC/C=C\C/C=C\CCC)OC(=O)CCCCCCC/C=C\C/C=C\CCCC. The van der Waals surface area contributed by atoms with E-state index in [-0.39, 0.29) is 31.1 Å². The van der Waals surface area contributed by atoms with Gasteiger partial charge in [-0.15, -0.1) is 0 Å². The molecule has 78 heavy (non-hydrogen) atoms. The zero-order valence-corrected chi connectivity index (χ0v) is 51.2. The van der Waals surface area contributed by atoms with Gasteiger partial charge in [0.2, 0.25) is 0 Å². The molecule has 1 atom stereocenters. The highest BCUT2D eigenvalue weighted by Crippen LogP contribution is 2.16. The summed E-state index contributed by atoms with van der Waals surface area (Å²) in [7, 11) is 0. The lowest BCUT2D eigenvalue weighted by atomic mass is 10.0. The second kappa shape index (κ2) is 65.6. The van der Waals surface area contributed by atoms with E-state index in [1.165, 1.54) is 122 Å². The molecule has 0 saturated carbocycles. The second-order valence-corrected chi connectivity index (χ2v) is 21.6. The highest BCUT2D eigenvalue weighted by Gasteiger charge is 2.19. The molecule has 0 radical (unpaired) electrons. The van der Waals surface area contributed by atoms with E-state index < -0.39 is 6.10 Å². The van der Waals surface area contributed by atoms with Crippen molar-refractivity contribution in [1.29, 1.82) is 0 Å². The maximum Gasteiger partial charge on any atom is 0.306 e. The van der Waals surface area contributed by atoms with Crippen molar-refractivity contribution in [3.05, 3.63) is 109 Å². The third-order valence-electron chi connectivity index (χ3n) is 14.0. The summed E-state index contributed by atoms with van der Waals surface area (Å²) in [5.74, 6) is -0.907. The molecule has 0 aromatic heterocycles. The Hall–Kier alpha value is -3.93. The fourth-order valence-corrected chi connectivity index (χ4v) is 9.05. The van der Waals surface area contributed by atoms with Crippen LogP contribution in [0, 0.1) is 0 Å². The first-order valence-corrected chi connectivity index (χ1v) is 32.9. The van der Waals surface area contributed by atoms with Crippen LogP contribution in [0.2, 0.25) is 0 Å². The lowest BCUT2D eigenvalue weighted by Crippen LogP contribution is -2.30. The summed E-state index contributed by atoms with van der Waals surface area (Å²) in [6.45, 7) is 6.42. The summed E-state index contributed by atoms with van der Waals surface area (Å²) in [6, 6.07) is 0. The predicted octanol–water partition coefficient (Wildman–Crippen LogP) is 22.6. The number of unbranched alkanes of at least 4 members (excludes halogenated alkanes) is 30. The van der Waals surface area contributed by atoms with Crippen molar-refractivity contribution < 1.29 is 28.6 Å². The molecule has 0 N–H and O–H groups in total. The molecule has 0 aliphatic rings. The van der Waals surface area contributed by atoms with Crippen LogP contribution in [0.25, 0.3) is 0 Å². The summed E-state index contributed by atoms with van der Waals surface area (Å²) in [6.07, 6.45) is 89.7. The summed E-state index contributed by atoms with van der Waals surface area (Å²) in [5, 5.41) is 0. The van der Waals surface area contributed by atoms with Crippen molar-refractivity contribution in [1.82, 2.24) is 0 Å². The van der Waals surface area contributed by atoms with Gasteiger partial charge in [-0.2, -0.15) is 0 Å². The summed E-state index contributed by atoms with van der Waals surface area (Å²) < 4.78 is 16.9. The number of hydrogen-bond donors (Lipinski definition) is 0. The van der Waals surface area contributed by atoms with Crippen LogP contribution in [0.4, 0.5) is 0 Å². The van der Waals surface area contributed by atoms with Crippen LogP contribution < -0.4 is 0 Å². The summed E-state index contributed by atoms with van der Waals surface area (Å²) in [4.78, 5) is 38.2. The molecule has 0 saturated heterocycles. The first-order valence-electron chi connectivity index (χ1n) is 32.9. The van der Waals surface area contributed by atoms with Crippen molar-refractivity contribution in [3.8, 4) is 0 Å². The van der Waals surface area contributed by atoms with Crippen molar-refractivity contribution in [2.24, 2.45) is 0 Å². The topological polar surface area (TPSA) is 78.9 Å². The van der Waals surface area contributed by atoms with E-state index in [0.29, 0.717) is 19.3 Å². The van der Waals surface area contributed by atoms with E-state index in [4.69, 9.17) is 14.2 Å². The molecule has 0 aromatic rings. The monoisotopic (exact) mass is 1080 g/mol. The molecule has 0 spiro atoms. The molecule has 446 valence electrons. The third kappa shape index (κ3) is 62.9.